The molecule has 9 heavy (non-hydrogen) atoms. The molecule has 1 aliphatic heterocycles. The molecule has 1 fully saturated rings. The van der Waals surface area contributed by atoms with Crippen LogP contribution >= 0.6 is 23.2 Å². The molecule has 1 aliphatic rings. The van der Waals surface area contributed by atoms with Gasteiger partial charge in [-0.2, -0.15) is 0 Å². The molecule has 0 aliphatic carbocycles. The highest BCUT2D eigenvalue weighted by Gasteiger charge is 2.24. The molecule has 1 rings (SSSR count). The van der Waals surface area contributed by atoms with E-state index in [9.17, 15) is 0 Å². The van der Waals surface area contributed by atoms with E-state index in [1.165, 1.54) is 5.54 Å². The fourth-order valence-corrected chi connectivity index (χ4v) is 1.20. The Labute approximate surface area is 64.6 Å². The van der Waals surface area contributed by atoms with Gasteiger partial charge >= 0.3 is 0 Å². The lowest BCUT2D eigenvalue weighted by atomic mass is 10.1. The predicted octanol–water partition coefficient (Wildman–Crippen LogP) is 2.14. The molecule has 3 heteroatoms. The first-order chi connectivity index (χ1) is 4.34. The lowest BCUT2D eigenvalue weighted by molar-refractivity contribution is -0.0453. The molecule has 0 aromatic carbocycles. The number of halogens is 2. The van der Waals surface area contributed by atoms with E-state index in [4.69, 9.17) is 27.9 Å². The topological polar surface area (TPSA) is 9.23 Å². The number of rotatable bonds is 2. The quantitative estimate of drug-likeness (QED) is 0.572. The van der Waals surface area contributed by atoms with Crippen molar-refractivity contribution in [3.63, 3.8) is 0 Å². The van der Waals surface area contributed by atoms with Crippen molar-refractivity contribution in [2.75, 3.05) is 6.61 Å². The van der Waals surface area contributed by atoms with Crippen molar-refractivity contribution in [1.29, 1.82) is 0 Å². The van der Waals surface area contributed by atoms with Crippen molar-refractivity contribution >= 4 is 23.2 Å². The van der Waals surface area contributed by atoms with Crippen LogP contribution in [0.4, 0.5) is 0 Å². The Morgan fingerprint density at radius 3 is 2.67 bits per heavy atom. The molecule has 1 saturated heterocycles. The van der Waals surface area contributed by atoms with Gasteiger partial charge in [-0.15, -0.1) is 11.6 Å². The molecule has 0 aromatic rings. The van der Waals surface area contributed by atoms with Crippen molar-refractivity contribution in [2.45, 2.75) is 17.9 Å². The fraction of sp³-hybridized carbons (Fsp3) is 0.667. The highest BCUT2D eigenvalue weighted by atomic mass is 35.5. The van der Waals surface area contributed by atoms with Crippen LogP contribution in [0.1, 0.15) is 6.42 Å². The van der Waals surface area contributed by atoms with E-state index in [-0.39, 0.29) is 11.5 Å². The van der Waals surface area contributed by atoms with Crippen molar-refractivity contribution in [3.05, 3.63) is 11.6 Å². The highest BCUT2D eigenvalue weighted by Crippen LogP contribution is 2.20. The van der Waals surface area contributed by atoms with E-state index in [1.54, 1.807) is 6.08 Å². The molecule has 2 unspecified atom stereocenters. The second-order valence-corrected chi connectivity index (χ2v) is 2.72. The maximum Gasteiger partial charge on any atom is 0.0796 e. The van der Waals surface area contributed by atoms with Gasteiger partial charge in [0.15, 0.2) is 0 Å². The normalized spacial score (nSPS) is 30.2. The van der Waals surface area contributed by atoms with Crippen LogP contribution in [0.25, 0.3) is 0 Å². The number of alkyl halides is 1. The van der Waals surface area contributed by atoms with Gasteiger partial charge in [0.2, 0.25) is 0 Å². The van der Waals surface area contributed by atoms with Gasteiger partial charge in [0.1, 0.15) is 0 Å². The molecule has 0 spiro atoms. The van der Waals surface area contributed by atoms with Crippen LogP contribution in [0, 0.1) is 0 Å². The monoisotopic (exact) mass is 166 g/mol. The lowest BCUT2D eigenvalue weighted by Crippen LogP contribution is -2.34. The minimum atomic E-state index is -0.0451. The molecular formula is C6H8Cl2O. The van der Waals surface area contributed by atoms with Gasteiger partial charge in [-0.05, 0) is 6.42 Å². The van der Waals surface area contributed by atoms with Crippen LogP contribution in [-0.4, -0.2) is 18.1 Å². The van der Waals surface area contributed by atoms with Gasteiger partial charge in [0, 0.05) is 12.1 Å². The summed E-state index contributed by atoms with van der Waals surface area (Å²) in [6.45, 7) is 0.837. The molecule has 0 N–H and O–H groups in total. The lowest BCUT2D eigenvalue weighted by Gasteiger charge is -2.28. The smallest absolute Gasteiger partial charge is 0.0796 e. The van der Waals surface area contributed by atoms with Gasteiger partial charge in [0.25, 0.3) is 0 Å². The minimum absolute atomic E-state index is 0.0451. The summed E-state index contributed by atoms with van der Waals surface area (Å²) in [6.07, 6.45) is 2.98. The molecule has 0 radical (unpaired) electrons. The average Bonchev–Trinajstić information content (AvgIpc) is 1.60. The van der Waals surface area contributed by atoms with Crippen LogP contribution in [-0.2, 0) is 4.74 Å². The van der Waals surface area contributed by atoms with E-state index < -0.39 is 0 Å². The summed E-state index contributed by atoms with van der Waals surface area (Å²) in [5, 5.41) is -0.0451. The maximum atomic E-state index is 5.79. The third kappa shape index (κ3) is 1.85. The standard InChI is InChI=1S/C6H8Cl2O/c7-3-1-5(8)6-2-4-9-6/h1,3,5-6H,2,4H2. The van der Waals surface area contributed by atoms with Crippen LogP contribution in [0.3, 0.4) is 0 Å². The Bertz CT molecular complexity index is 110. The summed E-state index contributed by atoms with van der Waals surface area (Å²) in [6, 6.07) is 0. The summed E-state index contributed by atoms with van der Waals surface area (Å²) in [7, 11) is 0. The fourth-order valence-electron chi connectivity index (χ4n) is 0.698. The van der Waals surface area contributed by atoms with E-state index in [1.807, 2.05) is 0 Å². The Morgan fingerprint density at radius 1 is 1.67 bits per heavy atom. The Balaban J connectivity index is 2.23. The zero-order valence-electron chi connectivity index (χ0n) is 4.89. The Morgan fingerprint density at radius 2 is 2.33 bits per heavy atom. The molecule has 52 valence electrons. The molecular weight excluding hydrogens is 159 g/mol. The molecule has 0 aromatic heterocycles. The maximum absolute atomic E-state index is 5.79. The third-order valence-corrected chi connectivity index (χ3v) is 1.92. The van der Waals surface area contributed by atoms with Crippen LogP contribution < -0.4 is 0 Å². The molecule has 2 atom stereocenters. The summed E-state index contributed by atoms with van der Waals surface area (Å²) >= 11 is 11.1. The SMILES string of the molecule is ClC=CC(Cl)C1CCO1. The minimum Gasteiger partial charge on any atom is -0.376 e. The van der Waals surface area contributed by atoms with Crippen molar-refractivity contribution in [3.8, 4) is 0 Å². The molecule has 0 amide bonds. The van der Waals surface area contributed by atoms with Gasteiger partial charge in [-0.25, -0.2) is 0 Å². The van der Waals surface area contributed by atoms with Gasteiger partial charge in [-0.3, -0.25) is 0 Å². The summed E-state index contributed by atoms with van der Waals surface area (Å²) in [4.78, 5) is 0. The predicted molar refractivity (Wildman–Crippen MR) is 39.0 cm³/mol. The van der Waals surface area contributed by atoms with Crippen LogP contribution in [0.2, 0.25) is 0 Å². The largest absolute Gasteiger partial charge is 0.376 e. The Hall–Kier alpha value is 0.280. The van der Waals surface area contributed by atoms with Crippen molar-refractivity contribution < 1.29 is 4.74 Å². The third-order valence-electron chi connectivity index (χ3n) is 1.35. The molecule has 0 bridgehead atoms. The average molecular weight is 167 g/mol. The second-order valence-electron chi connectivity index (χ2n) is 1.96. The molecule has 1 heterocycles. The second kappa shape index (κ2) is 3.45. The van der Waals surface area contributed by atoms with E-state index in [2.05, 4.69) is 0 Å². The van der Waals surface area contributed by atoms with Gasteiger partial charge in [0.05, 0.1) is 11.5 Å². The number of hydrogen-bond acceptors (Lipinski definition) is 1. The summed E-state index contributed by atoms with van der Waals surface area (Å²) in [5.41, 5.74) is 1.43. The van der Waals surface area contributed by atoms with Crippen molar-refractivity contribution in [2.24, 2.45) is 0 Å². The van der Waals surface area contributed by atoms with E-state index >= 15 is 0 Å². The van der Waals surface area contributed by atoms with E-state index in [0.717, 1.165) is 13.0 Å². The highest BCUT2D eigenvalue weighted by molar-refractivity contribution is 6.27. The first-order valence-corrected chi connectivity index (χ1v) is 3.74. The first-order valence-electron chi connectivity index (χ1n) is 2.87. The van der Waals surface area contributed by atoms with Crippen LogP contribution in [0.15, 0.2) is 11.6 Å². The van der Waals surface area contributed by atoms with Crippen LogP contribution in [0.5, 0.6) is 0 Å². The number of hydrogen-bond donors (Lipinski definition) is 0. The number of ether oxygens (including phenoxy) is 1. The van der Waals surface area contributed by atoms with Gasteiger partial charge < -0.3 is 4.74 Å². The van der Waals surface area contributed by atoms with Gasteiger partial charge in [-0.1, -0.05) is 17.7 Å². The zero-order chi connectivity index (χ0) is 6.69. The summed E-state index contributed by atoms with van der Waals surface area (Å²) in [5.74, 6) is 0. The molecule has 0 saturated carbocycles. The van der Waals surface area contributed by atoms with E-state index in [0.29, 0.717) is 0 Å². The van der Waals surface area contributed by atoms with Crippen molar-refractivity contribution in [1.82, 2.24) is 0 Å². The molecule has 1 nitrogen and oxygen atoms in total. The zero-order valence-corrected chi connectivity index (χ0v) is 6.40. The summed E-state index contributed by atoms with van der Waals surface area (Å²) < 4.78 is 5.10. The first kappa shape index (κ1) is 7.39. The Kier molecular flexibility index (Phi) is 2.83.